The zero-order valence-corrected chi connectivity index (χ0v) is 21.0. The Hall–Kier alpha value is -4.26. The van der Waals surface area contributed by atoms with Crippen LogP contribution in [0.4, 0.5) is 5.69 Å². The largest absolute Gasteiger partial charge is 0.494 e. The first kappa shape index (κ1) is 24.9. The Bertz CT molecular complexity index is 1440. The number of methoxy groups -OCH3 is 2. The number of hydrogen-bond acceptors (Lipinski definition) is 7. The lowest BCUT2D eigenvalue weighted by Gasteiger charge is -2.11. The van der Waals surface area contributed by atoms with Gasteiger partial charge in [0, 0.05) is 17.0 Å². The number of nitrogens with zero attached hydrogens (tertiary/aromatic N) is 1. The maximum absolute atomic E-state index is 12.2. The molecule has 0 radical (unpaired) electrons. The first-order valence-corrected chi connectivity index (χ1v) is 11.7. The first-order chi connectivity index (χ1) is 17.4. The monoisotopic (exact) mass is 487 g/mol. The Labute approximate surface area is 209 Å². The third kappa shape index (κ3) is 5.51. The molecule has 3 aromatic carbocycles. The lowest BCUT2D eigenvalue weighted by Crippen LogP contribution is -2.11. The van der Waals surface area contributed by atoms with E-state index in [4.69, 9.17) is 28.4 Å². The van der Waals surface area contributed by atoms with E-state index in [1.54, 1.807) is 38.5 Å². The highest BCUT2D eigenvalue weighted by molar-refractivity contribution is 5.89. The molecule has 0 atom stereocenters. The van der Waals surface area contributed by atoms with Crippen LogP contribution in [0.25, 0.3) is 22.3 Å². The van der Waals surface area contributed by atoms with Crippen LogP contribution in [0.3, 0.4) is 0 Å². The number of esters is 1. The Morgan fingerprint density at radius 1 is 0.917 bits per heavy atom. The summed E-state index contributed by atoms with van der Waals surface area (Å²) in [6.45, 7) is 6.12. The molecule has 7 nitrogen and oxygen atoms in total. The van der Waals surface area contributed by atoms with Crippen molar-refractivity contribution in [2.75, 3.05) is 20.8 Å². The molecule has 0 amide bonds. The number of carbonyl (C=O) groups excluding carboxylic acids is 1. The molecule has 4 rings (SSSR count). The van der Waals surface area contributed by atoms with Gasteiger partial charge in [-0.25, -0.2) is 9.79 Å². The summed E-state index contributed by atoms with van der Waals surface area (Å²) in [6.07, 6.45) is -0.184. The lowest BCUT2D eigenvalue weighted by atomic mass is 10.1. The van der Waals surface area contributed by atoms with Crippen LogP contribution in [-0.2, 0) is 4.74 Å². The van der Waals surface area contributed by atoms with Crippen LogP contribution < -0.4 is 19.6 Å². The maximum Gasteiger partial charge on any atom is 0.338 e. The number of rotatable bonds is 8. The van der Waals surface area contributed by atoms with E-state index in [1.807, 2.05) is 63.2 Å². The summed E-state index contributed by atoms with van der Waals surface area (Å²) in [4.78, 5) is 17.1. The molecule has 0 aliphatic rings. The van der Waals surface area contributed by atoms with Crippen molar-refractivity contribution in [1.82, 2.24) is 0 Å². The predicted molar refractivity (Wildman–Crippen MR) is 138 cm³/mol. The highest BCUT2D eigenvalue weighted by Crippen LogP contribution is 2.33. The van der Waals surface area contributed by atoms with Crippen LogP contribution in [0.1, 0.15) is 31.1 Å². The summed E-state index contributed by atoms with van der Waals surface area (Å²) < 4.78 is 28.0. The molecule has 36 heavy (non-hydrogen) atoms. The van der Waals surface area contributed by atoms with E-state index in [0.717, 1.165) is 16.7 Å². The minimum Gasteiger partial charge on any atom is -0.494 e. The molecule has 0 N–H and O–H groups in total. The maximum atomic E-state index is 12.2. The molecule has 0 spiro atoms. The highest BCUT2D eigenvalue weighted by atomic mass is 16.5. The van der Waals surface area contributed by atoms with Crippen molar-refractivity contribution < 1.29 is 28.2 Å². The standard InChI is InChI=1S/C29H29NO6/c1-6-34-22-12-14-25-23(16-22)24(30-21-10-7-19(8-11-21)29(31)35-18(2)3)17-27(36-25)20-9-13-26(32-4)28(15-20)33-5/h7-18H,6H2,1-5H3. The minimum absolute atomic E-state index is 0.184. The average Bonchev–Trinajstić information content (AvgIpc) is 2.88. The van der Waals surface area contributed by atoms with Gasteiger partial charge in [-0.15, -0.1) is 0 Å². The van der Waals surface area contributed by atoms with Gasteiger partial charge in [-0.2, -0.15) is 0 Å². The van der Waals surface area contributed by atoms with Crippen molar-refractivity contribution in [3.63, 3.8) is 0 Å². The van der Waals surface area contributed by atoms with Crippen LogP contribution in [0.15, 0.2) is 76.1 Å². The lowest BCUT2D eigenvalue weighted by molar-refractivity contribution is 0.0378. The van der Waals surface area contributed by atoms with Gasteiger partial charge in [0.05, 0.1) is 43.5 Å². The fraction of sp³-hybridized carbons (Fsp3) is 0.241. The molecule has 0 aliphatic heterocycles. The van der Waals surface area contributed by atoms with E-state index in [-0.39, 0.29) is 12.1 Å². The van der Waals surface area contributed by atoms with Gasteiger partial charge in [0.2, 0.25) is 0 Å². The van der Waals surface area contributed by atoms with Crippen LogP contribution in [0.5, 0.6) is 17.2 Å². The summed E-state index contributed by atoms with van der Waals surface area (Å²) in [6, 6.07) is 20.1. The van der Waals surface area contributed by atoms with Crippen molar-refractivity contribution in [1.29, 1.82) is 0 Å². The van der Waals surface area contributed by atoms with Crippen LogP contribution in [0.2, 0.25) is 0 Å². The van der Waals surface area contributed by atoms with Crippen LogP contribution in [0, 0.1) is 0 Å². The second kappa shape index (κ2) is 11.0. The third-order valence-electron chi connectivity index (χ3n) is 5.39. The van der Waals surface area contributed by atoms with Crippen molar-refractivity contribution in [2.24, 2.45) is 4.99 Å². The summed E-state index contributed by atoms with van der Waals surface area (Å²) in [5.41, 5.74) is 2.62. The second-order valence-corrected chi connectivity index (χ2v) is 8.27. The molecule has 186 valence electrons. The fourth-order valence-corrected chi connectivity index (χ4v) is 3.72. The summed E-state index contributed by atoms with van der Waals surface area (Å²) >= 11 is 0. The topological polar surface area (TPSA) is 79.5 Å². The minimum atomic E-state index is -0.363. The molecule has 4 aromatic rings. The molecule has 0 aliphatic carbocycles. The second-order valence-electron chi connectivity index (χ2n) is 8.27. The fourth-order valence-electron chi connectivity index (χ4n) is 3.72. The Morgan fingerprint density at radius 3 is 2.33 bits per heavy atom. The summed E-state index contributed by atoms with van der Waals surface area (Å²) in [5, 5.41) is 1.49. The molecule has 0 saturated heterocycles. The first-order valence-electron chi connectivity index (χ1n) is 11.7. The van der Waals surface area contributed by atoms with Gasteiger partial charge in [-0.1, -0.05) is 0 Å². The summed E-state index contributed by atoms with van der Waals surface area (Å²) in [5.74, 6) is 2.20. The molecule has 0 fully saturated rings. The average molecular weight is 488 g/mol. The predicted octanol–water partition coefficient (Wildman–Crippen LogP) is 6.31. The molecular formula is C29H29NO6. The van der Waals surface area contributed by atoms with Gasteiger partial charge in [-0.3, -0.25) is 0 Å². The number of hydrogen-bond donors (Lipinski definition) is 0. The van der Waals surface area contributed by atoms with Crippen LogP contribution >= 0.6 is 0 Å². The molecule has 0 unspecified atom stereocenters. The van der Waals surface area contributed by atoms with Gasteiger partial charge in [0.1, 0.15) is 17.1 Å². The molecule has 7 heteroatoms. The van der Waals surface area contributed by atoms with Crippen LogP contribution in [-0.4, -0.2) is 32.9 Å². The molecular weight excluding hydrogens is 458 g/mol. The molecule has 0 saturated carbocycles. The van der Waals surface area contributed by atoms with Gasteiger partial charge in [0.15, 0.2) is 11.5 Å². The van der Waals surface area contributed by atoms with E-state index < -0.39 is 0 Å². The summed E-state index contributed by atoms with van der Waals surface area (Å²) in [7, 11) is 3.19. The Morgan fingerprint density at radius 2 is 1.67 bits per heavy atom. The SMILES string of the molecule is CCOc1ccc2oc(-c3ccc(OC)c(OC)c3)cc(=Nc3ccc(C(=O)OC(C)C)cc3)c2c1. The van der Waals surface area contributed by atoms with Crippen molar-refractivity contribution in [3.05, 3.63) is 77.7 Å². The zero-order valence-electron chi connectivity index (χ0n) is 21.0. The molecule has 1 aromatic heterocycles. The zero-order chi connectivity index (χ0) is 25.7. The third-order valence-corrected chi connectivity index (χ3v) is 5.39. The molecule has 1 heterocycles. The van der Waals surface area contributed by atoms with Crippen molar-refractivity contribution in [2.45, 2.75) is 26.9 Å². The quantitative estimate of drug-likeness (QED) is 0.271. The Balaban J connectivity index is 1.84. The van der Waals surface area contributed by atoms with Gasteiger partial charge in [0.25, 0.3) is 0 Å². The number of ether oxygens (including phenoxy) is 4. The normalized spacial score (nSPS) is 11.6. The number of carbonyl (C=O) groups is 1. The van der Waals surface area contributed by atoms with E-state index in [1.165, 1.54) is 0 Å². The van der Waals surface area contributed by atoms with Crippen molar-refractivity contribution >= 4 is 22.6 Å². The Kier molecular flexibility index (Phi) is 7.59. The highest BCUT2D eigenvalue weighted by Gasteiger charge is 2.12. The van der Waals surface area contributed by atoms with E-state index in [0.29, 0.717) is 46.1 Å². The van der Waals surface area contributed by atoms with Gasteiger partial charge < -0.3 is 23.4 Å². The smallest absolute Gasteiger partial charge is 0.338 e. The van der Waals surface area contributed by atoms with E-state index >= 15 is 0 Å². The van der Waals surface area contributed by atoms with Crippen molar-refractivity contribution in [3.8, 4) is 28.6 Å². The van der Waals surface area contributed by atoms with E-state index in [9.17, 15) is 4.79 Å². The molecule has 0 bridgehead atoms. The number of fused-ring (bicyclic) bond motifs is 1. The van der Waals surface area contributed by atoms with Gasteiger partial charge >= 0.3 is 5.97 Å². The van der Waals surface area contributed by atoms with E-state index in [2.05, 4.69) is 0 Å². The van der Waals surface area contributed by atoms with Gasteiger partial charge in [-0.05, 0) is 81.4 Å². The number of benzene rings is 3.